The van der Waals surface area contributed by atoms with Crippen LogP contribution in [0.5, 0.6) is 0 Å². The summed E-state index contributed by atoms with van der Waals surface area (Å²) in [6.45, 7) is 3.28. The minimum Gasteiger partial charge on any atom is -0.334 e. The van der Waals surface area contributed by atoms with Gasteiger partial charge in [-0.3, -0.25) is 4.90 Å². The Labute approximate surface area is 112 Å². The van der Waals surface area contributed by atoms with Crippen molar-refractivity contribution in [2.45, 2.75) is 12.5 Å². The molecule has 0 aliphatic carbocycles. The van der Waals surface area contributed by atoms with E-state index < -0.39 is 0 Å². The number of halogens is 1. The summed E-state index contributed by atoms with van der Waals surface area (Å²) in [5, 5.41) is 5.59. The van der Waals surface area contributed by atoms with Crippen LogP contribution in [0.2, 0.25) is 0 Å². The number of carbonyl (C=O) groups excluding carboxylic acids is 1. The van der Waals surface area contributed by atoms with Crippen molar-refractivity contribution in [3.8, 4) is 0 Å². The second-order valence-electron chi connectivity index (χ2n) is 4.68. The highest BCUT2D eigenvalue weighted by atomic mass is 19.1. The fourth-order valence-corrected chi connectivity index (χ4v) is 2.22. The van der Waals surface area contributed by atoms with E-state index in [9.17, 15) is 9.18 Å². The van der Waals surface area contributed by atoms with Gasteiger partial charge in [-0.15, -0.1) is 0 Å². The molecule has 1 atom stereocenters. The minimum atomic E-state index is -0.320. The molecular weight excluding hydrogens is 247 g/mol. The standard InChI is InChI=1S/C13H19FN4O/c14-10-1-3-11(4-2-10)16-13(19)17-12-5-7-18(9-12)8-6-15/h1-4,12H,5-9,15H2,(H2,16,17,19). The Morgan fingerprint density at radius 2 is 2.16 bits per heavy atom. The quantitative estimate of drug-likeness (QED) is 0.761. The van der Waals surface area contributed by atoms with E-state index >= 15 is 0 Å². The fraction of sp³-hybridized carbons (Fsp3) is 0.462. The van der Waals surface area contributed by atoms with Crippen molar-refractivity contribution in [1.29, 1.82) is 0 Å². The van der Waals surface area contributed by atoms with E-state index in [0.29, 0.717) is 12.2 Å². The number of rotatable bonds is 4. The van der Waals surface area contributed by atoms with Crippen molar-refractivity contribution < 1.29 is 9.18 Å². The lowest BCUT2D eigenvalue weighted by Gasteiger charge is -2.16. The first-order valence-corrected chi connectivity index (χ1v) is 6.43. The minimum absolute atomic E-state index is 0.145. The second-order valence-corrected chi connectivity index (χ2v) is 4.68. The number of nitrogens with two attached hydrogens (primary N) is 1. The molecule has 1 aliphatic rings. The number of hydrogen-bond donors (Lipinski definition) is 3. The van der Waals surface area contributed by atoms with E-state index in [1.165, 1.54) is 24.3 Å². The van der Waals surface area contributed by atoms with Gasteiger partial charge in [-0.25, -0.2) is 9.18 Å². The number of hydrogen-bond acceptors (Lipinski definition) is 3. The fourth-order valence-electron chi connectivity index (χ4n) is 2.22. The number of urea groups is 1. The van der Waals surface area contributed by atoms with E-state index in [0.717, 1.165) is 26.1 Å². The van der Waals surface area contributed by atoms with Crippen LogP contribution in [0.25, 0.3) is 0 Å². The van der Waals surface area contributed by atoms with Crippen molar-refractivity contribution in [2.24, 2.45) is 5.73 Å². The highest BCUT2D eigenvalue weighted by molar-refractivity contribution is 5.89. The number of carbonyl (C=O) groups is 1. The molecule has 1 saturated heterocycles. The molecule has 0 bridgehead atoms. The summed E-state index contributed by atoms with van der Waals surface area (Å²) in [5.74, 6) is -0.320. The molecule has 19 heavy (non-hydrogen) atoms. The van der Waals surface area contributed by atoms with Crippen molar-refractivity contribution in [2.75, 3.05) is 31.5 Å². The van der Waals surface area contributed by atoms with Gasteiger partial charge in [-0.1, -0.05) is 0 Å². The van der Waals surface area contributed by atoms with E-state index in [1.807, 2.05) is 0 Å². The molecule has 1 unspecified atom stereocenters. The molecule has 1 aromatic carbocycles. The lowest BCUT2D eigenvalue weighted by molar-refractivity contribution is 0.247. The van der Waals surface area contributed by atoms with Gasteiger partial charge in [-0.05, 0) is 30.7 Å². The smallest absolute Gasteiger partial charge is 0.319 e. The van der Waals surface area contributed by atoms with Crippen LogP contribution < -0.4 is 16.4 Å². The molecular formula is C13H19FN4O. The maximum absolute atomic E-state index is 12.7. The molecule has 0 aromatic heterocycles. The predicted molar refractivity (Wildman–Crippen MR) is 72.5 cm³/mol. The first-order valence-electron chi connectivity index (χ1n) is 6.43. The topological polar surface area (TPSA) is 70.4 Å². The third-order valence-corrected chi connectivity index (χ3v) is 3.16. The summed E-state index contributed by atoms with van der Waals surface area (Å²) < 4.78 is 12.7. The Morgan fingerprint density at radius 1 is 1.42 bits per heavy atom. The number of nitrogens with zero attached hydrogens (tertiary/aromatic N) is 1. The average molecular weight is 266 g/mol. The number of nitrogens with one attached hydrogen (secondary N) is 2. The van der Waals surface area contributed by atoms with E-state index in [4.69, 9.17) is 5.73 Å². The van der Waals surface area contributed by atoms with E-state index in [-0.39, 0.29) is 17.9 Å². The molecule has 6 heteroatoms. The summed E-state index contributed by atoms with van der Waals surface area (Å²) in [6, 6.07) is 5.58. The van der Waals surface area contributed by atoms with Gasteiger partial charge in [-0.2, -0.15) is 0 Å². The Kier molecular flexibility index (Phi) is 4.70. The summed E-state index contributed by atoms with van der Waals surface area (Å²) in [5.41, 5.74) is 6.08. The summed E-state index contributed by atoms with van der Waals surface area (Å²) in [6.07, 6.45) is 0.927. The molecule has 1 heterocycles. The zero-order valence-corrected chi connectivity index (χ0v) is 10.7. The van der Waals surface area contributed by atoms with Crippen molar-refractivity contribution in [3.63, 3.8) is 0 Å². The van der Waals surface area contributed by atoms with Crippen LogP contribution in [0.3, 0.4) is 0 Å². The van der Waals surface area contributed by atoms with Gasteiger partial charge >= 0.3 is 6.03 Å². The third kappa shape index (κ3) is 4.18. The van der Waals surface area contributed by atoms with Gasteiger partial charge in [0.25, 0.3) is 0 Å². The van der Waals surface area contributed by atoms with Crippen molar-refractivity contribution in [3.05, 3.63) is 30.1 Å². The first-order chi connectivity index (χ1) is 9.17. The van der Waals surface area contributed by atoms with Gasteiger partial charge in [0.2, 0.25) is 0 Å². The number of likely N-dealkylation sites (tertiary alicyclic amines) is 1. The summed E-state index contributed by atoms with van der Waals surface area (Å²) in [7, 11) is 0. The Bertz CT molecular complexity index is 423. The molecule has 2 amide bonds. The SMILES string of the molecule is NCCN1CCC(NC(=O)Nc2ccc(F)cc2)C1. The van der Waals surface area contributed by atoms with Crippen LogP contribution in [0.4, 0.5) is 14.9 Å². The normalized spacial score (nSPS) is 19.4. The molecule has 1 fully saturated rings. The Balaban J connectivity index is 1.77. The van der Waals surface area contributed by atoms with Crippen LogP contribution in [0, 0.1) is 5.82 Å². The third-order valence-electron chi connectivity index (χ3n) is 3.16. The van der Waals surface area contributed by atoms with Gasteiger partial charge < -0.3 is 16.4 Å². The number of amides is 2. The van der Waals surface area contributed by atoms with Gasteiger partial charge in [0.1, 0.15) is 5.82 Å². The zero-order valence-electron chi connectivity index (χ0n) is 10.7. The van der Waals surface area contributed by atoms with E-state index in [2.05, 4.69) is 15.5 Å². The highest BCUT2D eigenvalue weighted by Crippen LogP contribution is 2.10. The predicted octanol–water partition coefficient (Wildman–Crippen LogP) is 0.980. The van der Waals surface area contributed by atoms with Crippen molar-refractivity contribution >= 4 is 11.7 Å². The molecule has 1 aliphatic heterocycles. The molecule has 1 aromatic rings. The van der Waals surface area contributed by atoms with Crippen LogP contribution >= 0.6 is 0 Å². The van der Waals surface area contributed by atoms with Crippen molar-refractivity contribution in [1.82, 2.24) is 10.2 Å². The molecule has 4 N–H and O–H groups in total. The average Bonchev–Trinajstić information content (AvgIpc) is 2.80. The largest absolute Gasteiger partial charge is 0.334 e. The molecule has 104 valence electrons. The lowest BCUT2D eigenvalue weighted by Crippen LogP contribution is -2.40. The highest BCUT2D eigenvalue weighted by Gasteiger charge is 2.22. The van der Waals surface area contributed by atoms with Gasteiger partial charge in [0.05, 0.1) is 0 Å². The van der Waals surface area contributed by atoms with Crippen LogP contribution in [-0.4, -0.2) is 43.2 Å². The van der Waals surface area contributed by atoms with E-state index in [1.54, 1.807) is 0 Å². The monoisotopic (exact) mass is 266 g/mol. The van der Waals surface area contributed by atoms with Gasteiger partial charge in [0, 0.05) is 37.9 Å². The molecule has 0 saturated carbocycles. The molecule has 0 spiro atoms. The molecule has 2 rings (SSSR count). The summed E-state index contributed by atoms with van der Waals surface area (Å²) >= 11 is 0. The van der Waals surface area contributed by atoms with Crippen LogP contribution in [-0.2, 0) is 0 Å². The maximum Gasteiger partial charge on any atom is 0.319 e. The van der Waals surface area contributed by atoms with Crippen LogP contribution in [0.1, 0.15) is 6.42 Å². The van der Waals surface area contributed by atoms with Crippen LogP contribution in [0.15, 0.2) is 24.3 Å². The number of anilines is 1. The first kappa shape index (κ1) is 13.8. The maximum atomic E-state index is 12.7. The molecule has 5 nitrogen and oxygen atoms in total. The Hall–Kier alpha value is -1.66. The second kappa shape index (κ2) is 6.49. The number of benzene rings is 1. The summed E-state index contributed by atoms with van der Waals surface area (Å²) in [4.78, 5) is 14.0. The Morgan fingerprint density at radius 3 is 2.84 bits per heavy atom. The zero-order chi connectivity index (χ0) is 13.7. The lowest BCUT2D eigenvalue weighted by atomic mass is 10.3. The van der Waals surface area contributed by atoms with Gasteiger partial charge in [0.15, 0.2) is 0 Å². The molecule has 0 radical (unpaired) electrons.